The van der Waals surface area contributed by atoms with Crippen LogP contribution in [0.15, 0.2) is 18.2 Å². The third-order valence-corrected chi connectivity index (χ3v) is 3.37. The maximum absolute atomic E-state index is 13.8. The molecule has 1 aliphatic rings. The molecule has 0 amide bonds. The Bertz CT molecular complexity index is 661. The number of nitrogens with one attached hydrogen (secondary N) is 1. The summed E-state index contributed by atoms with van der Waals surface area (Å²) in [4.78, 5) is 8.83. The van der Waals surface area contributed by atoms with Gasteiger partial charge in [-0.15, -0.1) is 0 Å². The topological polar surface area (TPSA) is 82.3 Å². The van der Waals surface area contributed by atoms with Crippen LogP contribution in [0.4, 0.5) is 10.2 Å². The molecule has 3 rings (SSSR count). The number of halogens is 1. The third kappa shape index (κ3) is 2.53. The Kier molecular flexibility index (Phi) is 3.68. The predicted octanol–water partition coefficient (Wildman–Crippen LogP) is 1.65. The molecule has 6 nitrogen and oxygen atoms in total. The highest BCUT2D eigenvalue weighted by Crippen LogP contribution is 2.28. The quantitative estimate of drug-likeness (QED) is 0.660. The molecule has 0 atom stereocenters. The van der Waals surface area contributed by atoms with E-state index in [9.17, 15) is 4.39 Å². The average Bonchev–Trinajstić information content (AvgIpc) is 2.53. The summed E-state index contributed by atoms with van der Waals surface area (Å²) in [7, 11) is 1.42. The van der Waals surface area contributed by atoms with Crippen molar-refractivity contribution < 1.29 is 13.9 Å². The Balaban J connectivity index is 2.08. The van der Waals surface area contributed by atoms with Gasteiger partial charge < -0.3 is 14.9 Å². The lowest BCUT2D eigenvalue weighted by Gasteiger charge is -2.19. The second kappa shape index (κ2) is 5.63. The lowest BCUT2D eigenvalue weighted by molar-refractivity contribution is 0.109. The largest absolute Gasteiger partial charge is 0.494 e. The third-order valence-electron chi connectivity index (χ3n) is 3.37. The molecule has 7 heteroatoms. The highest BCUT2D eigenvalue weighted by molar-refractivity contribution is 5.61. The second-order valence-corrected chi connectivity index (χ2v) is 4.62. The van der Waals surface area contributed by atoms with Crippen molar-refractivity contribution in [3.8, 4) is 17.1 Å². The van der Waals surface area contributed by atoms with Crippen LogP contribution < -0.4 is 16.0 Å². The molecule has 0 radical (unpaired) electrons. The monoisotopic (exact) mass is 290 g/mol. The Morgan fingerprint density at radius 3 is 2.95 bits per heavy atom. The number of nitrogens with two attached hydrogens (primary N) is 1. The summed E-state index contributed by atoms with van der Waals surface area (Å²) in [6.45, 7) is 1.02. The summed E-state index contributed by atoms with van der Waals surface area (Å²) in [5.41, 5.74) is 4.84. The van der Waals surface area contributed by atoms with E-state index >= 15 is 0 Å². The van der Waals surface area contributed by atoms with E-state index in [0.29, 0.717) is 36.8 Å². The molecule has 0 bridgehead atoms. The number of hydrogen-bond donors (Lipinski definition) is 2. The number of fused-ring (bicyclic) bond motifs is 1. The molecule has 21 heavy (non-hydrogen) atoms. The van der Waals surface area contributed by atoms with Crippen LogP contribution in [0.1, 0.15) is 11.3 Å². The molecule has 1 aromatic carbocycles. The summed E-state index contributed by atoms with van der Waals surface area (Å²) in [5.74, 6) is 6.16. The Labute approximate surface area is 121 Å². The molecule has 2 aromatic rings. The van der Waals surface area contributed by atoms with Gasteiger partial charge in [0.25, 0.3) is 0 Å². The van der Waals surface area contributed by atoms with Crippen molar-refractivity contribution in [1.29, 1.82) is 0 Å². The number of methoxy groups -OCH3 is 1. The number of rotatable bonds is 3. The van der Waals surface area contributed by atoms with Crippen molar-refractivity contribution >= 4 is 5.82 Å². The number of anilines is 1. The number of hydrazine groups is 1. The van der Waals surface area contributed by atoms with Crippen LogP contribution in [0.3, 0.4) is 0 Å². The van der Waals surface area contributed by atoms with Gasteiger partial charge in [-0.05, 0) is 18.2 Å². The van der Waals surface area contributed by atoms with Gasteiger partial charge in [-0.25, -0.2) is 20.2 Å². The standard InChI is InChI=1S/C14H15FN4O2/c1-20-12-3-2-8(6-10(12)15)13-17-11-4-5-21-7-9(11)14(18-13)19-16/h2-3,6H,4-5,7,16H2,1H3,(H,17,18,19). The zero-order chi connectivity index (χ0) is 14.8. The van der Waals surface area contributed by atoms with Gasteiger partial charge in [0.1, 0.15) is 5.82 Å². The maximum Gasteiger partial charge on any atom is 0.165 e. The molecule has 3 N–H and O–H groups in total. The van der Waals surface area contributed by atoms with E-state index in [-0.39, 0.29) is 5.75 Å². The van der Waals surface area contributed by atoms with Crippen LogP contribution >= 0.6 is 0 Å². The fourth-order valence-corrected chi connectivity index (χ4v) is 2.29. The van der Waals surface area contributed by atoms with Gasteiger partial charge >= 0.3 is 0 Å². The van der Waals surface area contributed by atoms with Crippen LogP contribution in [-0.4, -0.2) is 23.7 Å². The normalized spacial score (nSPS) is 13.7. The minimum absolute atomic E-state index is 0.183. The first kappa shape index (κ1) is 13.7. The van der Waals surface area contributed by atoms with E-state index in [1.165, 1.54) is 13.2 Å². The highest BCUT2D eigenvalue weighted by atomic mass is 19.1. The van der Waals surface area contributed by atoms with Crippen molar-refractivity contribution in [2.24, 2.45) is 5.84 Å². The zero-order valence-corrected chi connectivity index (χ0v) is 11.5. The van der Waals surface area contributed by atoms with Gasteiger partial charge in [-0.3, -0.25) is 0 Å². The van der Waals surface area contributed by atoms with Gasteiger partial charge in [-0.2, -0.15) is 0 Å². The first-order valence-corrected chi connectivity index (χ1v) is 6.51. The van der Waals surface area contributed by atoms with Crippen molar-refractivity contribution in [2.75, 3.05) is 19.1 Å². The molecule has 1 aliphatic heterocycles. The SMILES string of the molecule is COc1ccc(-c2nc3c(c(NN)n2)COCC3)cc1F. The molecule has 0 saturated carbocycles. The first-order chi connectivity index (χ1) is 10.2. The van der Waals surface area contributed by atoms with Crippen LogP contribution in [0.25, 0.3) is 11.4 Å². The fourth-order valence-electron chi connectivity index (χ4n) is 2.29. The van der Waals surface area contributed by atoms with E-state index in [1.807, 2.05) is 0 Å². The van der Waals surface area contributed by atoms with Gasteiger partial charge in [0.05, 0.1) is 26.0 Å². The van der Waals surface area contributed by atoms with Gasteiger partial charge in [-0.1, -0.05) is 0 Å². The Hall–Kier alpha value is -2.25. The van der Waals surface area contributed by atoms with Crippen molar-refractivity contribution in [3.63, 3.8) is 0 Å². The van der Waals surface area contributed by atoms with Crippen LogP contribution in [0.5, 0.6) is 5.75 Å². The second-order valence-electron chi connectivity index (χ2n) is 4.62. The molecule has 0 aliphatic carbocycles. The van der Waals surface area contributed by atoms with Crippen molar-refractivity contribution in [2.45, 2.75) is 13.0 Å². The molecule has 110 valence electrons. The molecular formula is C14H15FN4O2. The van der Waals surface area contributed by atoms with Crippen molar-refractivity contribution in [3.05, 3.63) is 35.3 Å². The summed E-state index contributed by atoms with van der Waals surface area (Å²) in [6, 6.07) is 4.61. The lowest BCUT2D eigenvalue weighted by Crippen LogP contribution is -2.19. The Morgan fingerprint density at radius 2 is 2.24 bits per heavy atom. The number of ether oxygens (including phenoxy) is 2. The van der Waals surface area contributed by atoms with Crippen molar-refractivity contribution in [1.82, 2.24) is 9.97 Å². The molecule has 0 saturated heterocycles. The molecule has 0 fully saturated rings. The number of hydrogen-bond acceptors (Lipinski definition) is 6. The molecular weight excluding hydrogens is 275 g/mol. The molecule has 2 heterocycles. The predicted molar refractivity (Wildman–Crippen MR) is 75.1 cm³/mol. The zero-order valence-electron chi connectivity index (χ0n) is 11.5. The highest BCUT2D eigenvalue weighted by Gasteiger charge is 2.19. The minimum atomic E-state index is -0.457. The summed E-state index contributed by atoms with van der Waals surface area (Å²) in [5, 5.41) is 0. The van der Waals surface area contributed by atoms with E-state index in [1.54, 1.807) is 12.1 Å². The number of aromatic nitrogens is 2. The number of benzene rings is 1. The van der Waals surface area contributed by atoms with Crippen LogP contribution in [0.2, 0.25) is 0 Å². The average molecular weight is 290 g/mol. The molecule has 0 unspecified atom stereocenters. The summed E-state index contributed by atoms with van der Waals surface area (Å²) < 4.78 is 24.1. The number of nitrogen functional groups attached to an aromatic ring is 1. The minimum Gasteiger partial charge on any atom is -0.494 e. The van der Waals surface area contributed by atoms with E-state index in [4.69, 9.17) is 15.3 Å². The van der Waals surface area contributed by atoms with Gasteiger partial charge in [0.15, 0.2) is 17.4 Å². The van der Waals surface area contributed by atoms with Crippen LogP contribution in [0, 0.1) is 5.82 Å². The molecule has 0 spiro atoms. The first-order valence-electron chi connectivity index (χ1n) is 6.51. The fraction of sp³-hybridized carbons (Fsp3) is 0.286. The van der Waals surface area contributed by atoms with Gasteiger partial charge in [0, 0.05) is 17.5 Å². The summed E-state index contributed by atoms with van der Waals surface area (Å²) >= 11 is 0. The summed E-state index contributed by atoms with van der Waals surface area (Å²) in [6.07, 6.45) is 0.679. The van der Waals surface area contributed by atoms with E-state index in [0.717, 1.165) is 11.3 Å². The smallest absolute Gasteiger partial charge is 0.165 e. The Morgan fingerprint density at radius 1 is 1.38 bits per heavy atom. The van der Waals surface area contributed by atoms with E-state index in [2.05, 4.69) is 15.4 Å². The molecule has 1 aromatic heterocycles. The van der Waals surface area contributed by atoms with E-state index < -0.39 is 5.82 Å². The maximum atomic E-state index is 13.8. The number of nitrogens with zero attached hydrogens (tertiary/aromatic N) is 2. The van der Waals surface area contributed by atoms with Crippen LogP contribution in [-0.2, 0) is 17.8 Å². The lowest BCUT2D eigenvalue weighted by atomic mass is 10.1. The van der Waals surface area contributed by atoms with Gasteiger partial charge in [0.2, 0.25) is 0 Å².